The molecule has 114 valence electrons. The molecule has 0 spiro atoms. The second-order valence-electron chi connectivity index (χ2n) is 4.71. The van der Waals surface area contributed by atoms with Gasteiger partial charge >= 0.3 is 0 Å². The summed E-state index contributed by atoms with van der Waals surface area (Å²) in [6, 6.07) is 12.5. The number of methoxy groups -OCH3 is 2. The number of hydrogen-bond acceptors (Lipinski definition) is 3. The molecule has 0 radical (unpaired) electrons. The second-order valence-corrected chi connectivity index (χ2v) is 5.15. The summed E-state index contributed by atoms with van der Waals surface area (Å²) in [4.78, 5) is 12.1. The summed E-state index contributed by atoms with van der Waals surface area (Å²) in [7, 11) is 3.25. The number of hydrogen-bond donors (Lipinski definition) is 0. The van der Waals surface area contributed by atoms with Gasteiger partial charge in [-0.15, -0.1) is 0 Å². The van der Waals surface area contributed by atoms with Crippen LogP contribution in [0.5, 0.6) is 5.75 Å². The number of allylic oxidation sites excluding steroid dienone is 1. The van der Waals surface area contributed by atoms with Gasteiger partial charge in [0.2, 0.25) is 0 Å². The van der Waals surface area contributed by atoms with Gasteiger partial charge in [0.25, 0.3) is 0 Å². The number of ether oxygens (including phenoxy) is 2. The molecule has 0 aliphatic carbocycles. The first kappa shape index (κ1) is 16.3. The fourth-order valence-electron chi connectivity index (χ4n) is 2.05. The molecule has 2 aromatic carbocycles. The predicted octanol–water partition coefficient (Wildman–Crippen LogP) is 4.39. The largest absolute Gasteiger partial charge is 0.496 e. The Bertz CT molecular complexity index is 675. The molecule has 0 N–H and O–H groups in total. The molecule has 2 aromatic rings. The molecule has 0 aliphatic heterocycles. The molecule has 4 heteroatoms. The van der Waals surface area contributed by atoms with Gasteiger partial charge in [0, 0.05) is 23.3 Å². The van der Waals surface area contributed by atoms with Crippen molar-refractivity contribution in [2.24, 2.45) is 0 Å². The summed E-state index contributed by atoms with van der Waals surface area (Å²) in [6.07, 6.45) is 3.32. The third-order valence-corrected chi connectivity index (χ3v) is 3.41. The van der Waals surface area contributed by atoms with E-state index >= 15 is 0 Å². The van der Waals surface area contributed by atoms with E-state index in [-0.39, 0.29) is 5.78 Å². The van der Waals surface area contributed by atoms with E-state index < -0.39 is 0 Å². The van der Waals surface area contributed by atoms with Crippen LogP contribution in [-0.4, -0.2) is 20.0 Å². The second kappa shape index (κ2) is 7.78. The maximum absolute atomic E-state index is 12.1. The number of halogens is 1. The van der Waals surface area contributed by atoms with E-state index in [0.717, 1.165) is 16.9 Å². The van der Waals surface area contributed by atoms with Crippen molar-refractivity contribution in [1.82, 2.24) is 0 Å². The van der Waals surface area contributed by atoms with Gasteiger partial charge in [0.1, 0.15) is 5.75 Å². The molecule has 0 fully saturated rings. The first-order valence-electron chi connectivity index (χ1n) is 6.78. The van der Waals surface area contributed by atoms with E-state index in [1.54, 1.807) is 50.6 Å². The average Bonchev–Trinajstić information content (AvgIpc) is 2.54. The molecular formula is C18H17ClO3. The van der Waals surface area contributed by atoms with Crippen molar-refractivity contribution < 1.29 is 14.3 Å². The van der Waals surface area contributed by atoms with Gasteiger partial charge < -0.3 is 9.47 Å². The Morgan fingerprint density at radius 3 is 2.50 bits per heavy atom. The molecule has 0 unspecified atom stereocenters. The van der Waals surface area contributed by atoms with Crippen molar-refractivity contribution >= 4 is 23.5 Å². The highest BCUT2D eigenvalue weighted by atomic mass is 35.5. The SMILES string of the molecule is COCc1cc(/C=C/C(=O)c2ccc(Cl)cc2)ccc1OC. The molecule has 22 heavy (non-hydrogen) atoms. The van der Waals surface area contributed by atoms with Gasteiger partial charge in [-0.1, -0.05) is 23.7 Å². The van der Waals surface area contributed by atoms with Crippen molar-refractivity contribution in [3.05, 3.63) is 70.3 Å². The fourth-order valence-corrected chi connectivity index (χ4v) is 2.18. The molecule has 0 saturated heterocycles. The third kappa shape index (κ3) is 4.20. The summed E-state index contributed by atoms with van der Waals surface area (Å²) in [5.41, 5.74) is 2.45. The Kier molecular flexibility index (Phi) is 5.75. The quantitative estimate of drug-likeness (QED) is 0.585. The molecule has 0 amide bonds. The third-order valence-electron chi connectivity index (χ3n) is 3.16. The zero-order valence-corrected chi connectivity index (χ0v) is 13.3. The minimum Gasteiger partial charge on any atom is -0.496 e. The van der Waals surface area contributed by atoms with E-state index in [9.17, 15) is 4.79 Å². The first-order chi connectivity index (χ1) is 10.6. The molecule has 0 bridgehead atoms. The molecule has 0 saturated carbocycles. The number of benzene rings is 2. The minimum atomic E-state index is -0.0687. The molecule has 2 rings (SSSR count). The summed E-state index contributed by atoms with van der Waals surface area (Å²) in [5, 5.41) is 0.611. The van der Waals surface area contributed by atoms with E-state index in [4.69, 9.17) is 21.1 Å². The van der Waals surface area contributed by atoms with Gasteiger partial charge in [-0.05, 0) is 48.0 Å². The first-order valence-corrected chi connectivity index (χ1v) is 7.15. The van der Waals surface area contributed by atoms with Crippen LogP contribution in [0, 0.1) is 0 Å². The monoisotopic (exact) mass is 316 g/mol. The average molecular weight is 317 g/mol. The molecule has 0 heterocycles. The molecule has 0 atom stereocenters. The Labute approximate surface area is 135 Å². The summed E-state index contributed by atoms with van der Waals surface area (Å²) < 4.78 is 10.4. The van der Waals surface area contributed by atoms with E-state index in [0.29, 0.717) is 17.2 Å². The zero-order valence-electron chi connectivity index (χ0n) is 12.5. The zero-order chi connectivity index (χ0) is 15.9. The van der Waals surface area contributed by atoms with Crippen LogP contribution in [0.25, 0.3) is 6.08 Å². The highest BCUT2D eigenvalue weighted by Crippen LogP contribution is 2.21. The number of rotatable bonds is 6. The van der Waals surface area contributed by atoms with Gasteiger partial charge in [-0.3, -0.25) is 4.79 Å². The summed E-state index contributed by atoms with van der Waals surface area (Å²) in [6.45, 7) is 0.454. The van der Waals surface area contributed by atoms with Crippen LogP contribution in [0.4, 0.5) is 0 Å². The number of carbonyl (C=O) groups is 1. The van der Waals surface area contributed by atoms with Crippen LogP contribution in [0.15, 0.2) is 48.5 Å². The summed E-state index contributed by atoms with van der Waals surface area (Å²) in [5.74, 6) is 0.698. The van der Waals surface area contributed by atoms with Crippen molar-refractivity contribution in [1.29, 1.82) is 0 Å². The standard InChI is InChI=1S/C18H17ClO3/c1-21-12-15-11-13(4-10-18(15)22-2)3-9-17(20)14-5-7-16(19)8-6-14/h3-11H,12H2,1-2H3/b9-3+. The van der Waals surface area contributed by atoms with Gasteiger partial charge in [0.15, 0.2) is 5.78 Å². The van der Waals surface area contributed by atoms with Crippen molar-refractivity contribution in [2.45, 2.75) is 6.61 Å². The van der Waals surface area contributed by atoms with Crippen LogP contribution in [0.2, 0.25) is 5.02 Å². The molecule has 3 nitrogen and oxygen atoms in total. The normalized spacial score (nSPS) is 10.9. The van der Waals surface area contributed by atoms with Crippen LogP contribution >= 0.6 is 11.6 Å². The maximum Gasteiger partial charge on any atom is 0.185 e. The van der Waals surface area contributed by atoms with Crippen molar-refractivity contribution in [3.8, 4) is 5.75 Å². The number of carbonyl (C=O) groups excluding carboxylic acids is 1. The minimum absolute atomic E-state index is 0.0687. The van der Waals surface area contributed by atoms with Crippen LogP contribution < -0.4 is 4.74 Å². The smallest absolute Gasteiger partial charge is 0.185 e. The van der Waals surface area contributed by atoms with E-state index in [2.05, 4.69) is 0 Å². The Hall–Kier alpha value is -2.10. The molecular weight excluding hydrogens is 300 g/mol. The van der Waals surface area contributed by atoms with Gasteiger partial charge in [-0.25, -0.2) is 0 Å². The Morgan fingerprint density at radius 2 is 1.86 bits per heavy atom. The van der Waals surface area contributed by atoms with E-state index in [1.807, 2.05) is 18.2 Å². The van der Waals surface area contributed by atoms with Crippen molar-refractivity contribution in [2.75, 3.05) is 14.2 Å². The highest BCUT2D eigenvalue weighted by molar-refractivity contribution is 6.30. The van der Waals surface area contributed by atoms with Gasteiger partial charge in [0.05, 0.1) is 13.7 Å². The Balaban J connectivity index is 2.17. The summed E-state index contributed by atoms with van der Waals surface area (Å²) >= 11 is 5.81. The lowest BCUT2D eigenvalue weighted by molar-refractivity contribution is 0.104. The molecule has 0 aromatic heterocycles. The fraction of sp³-hybridized carbons (Fsp3) is 0.167. The van der Waals surface area contributed by atoms with Crippen LogP contribution in [0.3, 0.4) is 0 Å². The maximum atomic E-state index is 12.1. The highest BCUT2D eigenvalue weighted by Gasteiger charge is 2.04. The van der Waals surface area contributed by atoms with Gasteiger partial charge in [-0.2, -0.15) is 0 Å². The topological polar surface area (TPSA) is 35.5 Å². The molecule has 0 aliphatic rings. The number of ketones is 1. The lowest BCUT2D eigenvalue weighted by Crippen LogP contribution is -1.95. The lowest BCUT2D eigenvalue weighted by Gasteiger charge is -2.08. The Morgan fingerprint density at radius 1 is 1.14 bits per heavy atom. The van der Waals surface area contributed by atoms with Crippen LogP contribution in [-0.2, 0) is 11.3 Å². The lowest BCUT2D eigenvalue weighted by atomic mass is 10.1. The predicted molar refractivity (Wildman–Crippen MR) is 88.5 cm³/mol. The van der Waals surface area contributed by atoms with Crippen molar-refractivity contribution in [3.63, 3.8) is 0 Å². The van der Waals surface area contributed by atoms with E-state index in [1.165, 1.54) is 0 Å². The van der Waals surface area contributed by atoms with Crippen LogP contribution in [0.1, 0.15) is 21.5 Å².